The van der Waals surface area contributed by atoms with E-state index in [9.17, 15) is 38.4 Å². The van der Waals surface area contributed by atoms with Gasteiger partial charge < -0.3 is 47.0 Å². The lowest BCUT2D eigenvalue weighted by atomic mass is 9.85. The van der Waals surface area contributed by atoms with Crippen LogP contribution < -0.4 is 37.2 Å². The fraction of sp³-hybridized carbons (Fsp3) is 0.415. The van der Waals surface area contributed by atoms with Crippen molar-refractivity contribution in [3.05, 3.63) is 179 Å². The van der Waals surface area contributed by atoms with Crippen LogP contribution in [0.25, 0.3) is 0 Å². The Bertz CT molecular complexity index is 2740. The number of amides is 7. The number of nitrogens with one attached hydrogen (secondary N) is 7. The van der Waals surface area contributed by atoms with Gasteiger partial charge in [0.05, 0.1) is 24.2 Å². The topological polar surface area (TPSA) is 227 Å². The third-order valence-electron chi connectivity index (χ3n) is 15.7. The van der Waals surface area contributed by atoms with Crippen LogP contribution in [0.5, 0.6) is 0 Å². The number of carbonyl (C=O) groups is 8. The highest BCUT2D eigenvalue weighted by atomic mass is 16.2. The summed E-state index contributed by atoms with van der Waals surface area (Å²) in [4.78, 5) is 117. The molecule has 0 bridgehead atoms. The van der Waals surface area contributed by atoms with Gasteiger partial charge >= 0.3 is 0 Å². The van der Waals surface area contributed by atoms with E-state index in [-0.39, 0.29) is 55.5 Å². The average Bonchev–Trinajstić information content (AvgIpc) is 4.33. The third kappa shape index (κ3) is 15.3. The molecule has 7 N–H and O–H groups in total. The zero-order valence-electron chi connectivity index (χ0n) is 48.8. The monoisotopic (exact) mass is 1120 g/mol. The summed E-state index contributed by atoms with van der Waals surface area (Å²) < 4.78 is 0. The number of hydrogen-bond acceptors (Lipinski definition) is 10. The first kappa shape index (κ1) is 61.6. The van der Waals surface area contributed by atoms with E-state index >= 15 is 0 Å². The summed E-state index contributed by atoms with van der Waals surface area (Å²) in [6.45, 7) is 14.5. The molecule has 5 aromatic rings. The molecule has 434 valence electrons. The highest BCUT2D eigenvalue weighted by Gasteiger charge is 2.48. The van der Waals surface area contributed by atoms with Crippen LogP contribution >= 0.6 is 0 Å². The lowest BCUT2D eigenvalue weighted by Crippen LogP contribution is -2.59. The van der Waals surface area contributed by atoms with Crippen molar-refractivity contribution in [1.82, 2.24) is 47.0 Å². The largest absolute Gasteiger partial charge is 0.347 e. The number of benzene rings is 5. The average molecular weight is 1120 g/mol. The normalized spacial score (nSPS) is 18.7. The molecule has 2 heterocycles. The molecule has 2 saturated heterocycles. The van der Waals surface area contributed by atoms with Crippen molar-refractivity contribution < 1.29 is 38.4 Å². The third-order valence-corrected chi connectivity index (χ3v) is 15.7. The second-order valence-electron chi connectivity index (χ2n) is 23.9. The van der Waals surface area contributed by atoms with E-state index in [1.165, 1.54) is 9.80 Å². The summed E-state index contributed by atoms with van der Waals surface area (Å²) >= 11 is 0. The first-order chi connectivity index (χ1) is 39.0. The predicted octanol–water partition coefficient (Wildman–Crippen LogP) is 6.27. The van der Waals surface area contributed by atoms with Gasteiger partial charge in [0.2, 0.25) is 35.4 Å². The first-order valence-corrected chi connectivity index (χ1v) is 28.3. The van der Waals surface area contributed by atoms with E-state index in [4.69, 9.17) is 0 Å². The molecule has 0 saturated carbocycles. The highest BCUT2D eigenvalue weighted by Crippen LogP contribution is 2.34. The molecule has 2 aliphatic heterocycles. The Labute approximate surface area is 482 Å². The first-order valence-electron chi connectivity index (χ1n) is 28.3. The fourth-order valence-corrected chi connectivity index (χ4v) is 10.7. The zero-order valence-corrected chi connectivity index (χ0v) is 48.8. The molecule has 0 spiro atoms. The van der Waals surface area contributed by atoms with Crippen LogP contribution in [0.4, 0.5) is 0 Å². The fourth-order valence-electron chi connectivity index (χ4n) is 10.7. The maximum absolute atomic E-state index is 14.8. The number of rotatable bonds is 21. The van der Waals surface area contributed by atoms with Gasteiger partial charge in [-0.25, -0.2) is 0 Å². The maximum Gasteiger partial charge on any atom is 0.251 e. The standard InChI is InChI=1S/C65H81N9O8/c1-40(66-9)57(76)71-55(64(3,4)5)62(81)73-38-42(35-50(73)60(79)69-53(44-23-15-11-16-24-44)45-25-17-12-18-26-45)36-52(75)43-31-33-48(34-32-43)59(78)68-49-37-51(74(39-49)63(82)56(65(6,7)8)72-58(77)41(2)67-10)61(80)70-54(46-27-19-13-20-28-46)47-29-21-14-22-30-47/h11-34,40-42,49-51,53-56,66-67H,35-39H2,1-10H3,(H,68,78)(H,69,79)(H,70,80)(H,71,76)(H,72,77)/t40-,41-,42+,49-,50-,51-,55+,56+/m0/s1. The summed E-state index contributed by atoms with van der Waals surface area (Å²) in [7, 11) is 3.30. The van der Waals surface area contributed by atoms with Crippen molar-refractivity contribution in [2.45, 2.75) is 129 Å². The number of Topliss-reactive ketones (excluding diaryl/α,β-unsaturated/α-hetero) is 1. The molecule has 2 aliphatic rings. The van der Waals surface area contributed by atoms with Gasteiger partial charge in [-0.2, -0.15) is 0 Å². The van der Waals surface area contributed by atoms with Crippen molar-refractivity contribution >= 4 is 47.1 Å². The Morgan fingerprint density at radius 1 is 0.476 bits per heavy atom. The smallest absolute Gasteiger partial charge is 0.251 e. The molecule has 82 heavy (non-hydrogen) atoms. The van der Waals surface area contributed by atoms with E-state index in [0.717, 1.165) is 22.3 Å². The molecule has 0 aliphatic carbocycles. The van der Waals surface area contributed by atoms with Crippen LogP contribution in [0.1, 0.15) is 130 Å². The van der Waals surface area contributed by atoms with Gasteiger partial charge in [0, 0.05) is 36.7 Å². The van der Waals surface area contributed by atoms with Crippen molar-refractivity contribution in [3.8, 4) is 0 Å². The van der Waals surface area contributed by atoms with Gasteiger partial charge in [-0.05, 0) is 91.9 Å². The Morgan fingerprint density at radius 2 is 0.829 bits per heavy atom. The van der Waals surface area contributed by atoms with E-state index in [1.807, 2.05) is 163 Å². The minimum Gasteiger partial charge on any atom is -0.347 e. The van der Waals surface area contributed by atoms with Crippen molar-refractivity contribution in [2.24, 2.45) is 16.7 Å². The van der Waals surface area contributed by atoms with E-state index in [0.29, 0.717) is 5.56 Å². The van der Waals surface area contributed by atoms with E-state index in [2.05, 4.69) is 37.2 Å². The summed E-state index contributed by atoms with van der Waals surface area (Å²) in [5.74, 6) is -3.67. The van der Waals surface area contributed by atoms with Crippen LogP contribution in [0.2, 0.25) is 0 Å². The van der Waals surface area contributed by atoms with Gasteiger partial charge in [0.1, 0.15) is 24.2 Å². The Kier molecular flexibility index (Phi) is 20.4. The molecule has 8 atom stereocenters. The van der Waals surface area contributed by atoms with Gasteiger partial charge in [-0.1, -0.05) is 175 Å². The van der Waals surface area contributed by atoms with Gasteiger partial charge in [0.25, 0.3) is 5.91 Å². The second kappa shape index (κ2) is 27.2. The van der Waals surface area contributed by atoms with Crippen molar-refractivity contribution in [1.29, 1.82) is 0 Å². The number of likely N-dealkylation sites (tertiary alicyclic amines) is 2. The highest BCUT2D eigenvalue weighted by molar-refractivity contribution is 6.00. The molecule has 7 amide bonds. The van der Waals surface area contributed by atoms with Crippen molar-refractivity contribution in [3.63, 3.8) is 0 Å². The lowest BCUT2D eigenvalue weighted by Gasteiger charge is -2.36. The van der Waals surface area contributed by atoms with Crippen LogP contribution in [-0.2, 0) is 28.8 Å². The molecule has 5 aromatic carbocycles. The SMILES string of the molecule is CN[C@@H](C)C(=O)N[C@H](C(=O)N1C[C@@H](CC(=O)c2ccc(C(=O)N[C@H]3C[C@@H](C(=O)NC(c4ccccc4)c4ccccc4)N(C(=O)[C@@H](NC(=O)[C@H](C)NC)C(C)(C)C)C3)cc2)C[C@H]1C(=O)NC(c1ccccc1)c1ccccc1)C(C)(C)C. The minimum absolute atomic E-state index is 0.0160. The number of ketones is 1. The molecule has 17 heteroatoms. The Morgan fingerprint density at radius 3 is 1.20 bits per heavy atom. The minimum atomic E-state index is -1.03. The van der Waals surface area contributed by atoms with Gasteiger partial charge in [0.15, 0.2) is 5.78 Å². The number of carbonyl (C=O) groups excluding carboxylic acids is 8. The van der Waals surface area contributed by atoms with Crippen LogP contribution in [0.15, 0.2) is 146 Å². The molecule has 0 unspecified atom stereocenters. The Balaban J connectivity index is 1.10. The summed E-state index contributed by atoms with van der Waals surface area (Å²) in [6.07, 6.45) is 0.234. The van der Waals surface area contributed by atoms with E-state index in [1.54, 1.807) is 52.2 Å². The summed E-state index contributed by atoms with van der Waals surface area (Å²) in [6, 6.07) is 37.3. The van der Waals surface area contributed by atoms with E-state index < -0.39 is 101 Å². The van der Waals surface area contributed by atoms with Gasteiger partial charge in [-0.3, -0.25) is 38.4 Å². The molecular weight excluding hydrogens is 1030 g/mol. The Hall–Kier alpha value is -8.02. The summed E-state index contributed by atoms with van der Waals surface area (Å²) in [5, 5.41) is 21.1. The molecule has 2 fully saturated rings. The lowest BCUT2D eigenvalue weighted by molar-refractivity contribution is -0.144. The summed E-state index contributed by atoms with van der Waals surface area (Å²) in [5.41, 5.74) is 2.40. The van der Waals surface area contributed by atoms with Crippen molar-refractivity contribution in [2.75, 3.05) is 27.2 Å². The molecule has 17 nitrogen and oxygen atoms in total. The van der Waals surface area contributed by atoms with Crippen LogP contribution in [0.3, 0.4) is 0 Å². The number of likely N-dealkylation sites (N-methyl/N-ethyl adjacent to an activating group) is 2. The molecule has 0 radical (unpaired) electrons. The second-order valence-corrected chi connectivity index (χ2v) is 23.9. The number of nitrogens with zero attached hydrogens (tertiary/aromatic N) is 2. The number of hydrogen-bond donors (Lipinski definition) is 7. The van der Waals surface area contributed by atoms with Crippen LogP contribution in [0, 0.1) is 16.7 Å². The molecule has 0 aromatic heterocycles. The predicted molar refractivity (Wildman–Crippen MR) is 316 cm³/mol. The van der Waals surface area contributed by atoms with Gasteiger partial charge in [-0.15, -0.1) is 0 Å². The maximum atomic E-state index is 14.8. The van der Waals surface area contributed by atoms with Crippen LogP contribution in [-0.4, -0.2) is 126 Å². The molecule has 7 rings (SSSR count). The zero-order chi connectivity index (χ0) is 59.5. The quantitative estimate of drug-likeness (QED) is 0.0408. The molecular formula is C65H81N9O8.